The van der Waals surface area contributed by atoms with E-state index in [2.05, 4.69) is 26.9 Å². The van der Waals surface area contributed by atoms with Gasteiger partial charge in [0.15, 0.2) is 0 Å². The molecule has 3 fully saturated rings. The van der Waals surface area contributed by atoms with Gasteiger partial charge in [-0.1, -0.05) is 6.08 Å². The van der Waals surface area contributed by atoms with Crippen LogP contribution in [0.4, 0.5) is 4.79 Å². The molecule has 16 nitrogen and oxygen atoms in total. The number of likely N-dealkylation sites (tertiary alicyclic amines) is 1. The van der Waals surface area contributed by atoms with Gasteiger partial charge in [0, 0.05) is 23.9 Å². The van der Waals surface area contributed by atoms with Crippen LogP contribution < -0.4 is 24.8 Å². The van der Waals surface area contributed by atoms with Crippen molar-refractivity contribution >= 4 is 50.6 Å². The Morgan fingerprint density at radius 2 is 1.90 bits per heavy atom. The van der Waals surface area contributed by atoms with Gasteiger partial charge in [-0.2, -0.15) is 0 Å². The molecule has 1 aromatic carbocycles. The fourth-order valence-corrected chi connectivity index (χ4v) is 7.29. The molecule has 5 atom stereocenters. The van der Waals surface area contributed by atoms with Gasteiger partial charge in [-0.3, -0.25) is 23.9 Å². The summed E-state index contributed by atoms with van der Waals surface area (Å²) in [7, 11) is -2.41. The summed E-state index contributed by atoms with van der Waals surface area (Å²) in [6.07, 6.45) is 1.02. The summed E-state index contributed by atoms with van der Waals surface area (Å²) in [6.45, 7) is 8.26. The number of amides is 4. The topological polar surface area (TPSA) is 220 Å². The maximum atomic E-state index is 14.0. The first-order valence-corrected chi connectivity index (χ1v) is 17.6. The van der Waals surface area contributed by atoms with Gasteiger partial charge in [0.1, 0.15) is 35.1 Å². The van der Waals surface area contributed by atoms with E-state index in [-0.39, 0.29) is 25.3 Å². The normalized spacial score (nSPS) is 23.7. The number of ether oxygens (including phenoxy) is 3. The lowest BCUT2D eigenvalue weighted by atomic mass is 10.1. The summed E-state index contributed by atoms with van der Waals surface area (Å²) in [6, 6.07) is 4.03. The predicted octanol–water partition coefficient (Wildman–Crippen LogP) is 1.63. The average Bonchev–Trinajstić information content (AvgIpc) is 3.96. The molecule has 50 heavy (non-hydrogen) atoms. The molecule has 4 amide bonds. The molecule has 0 spiro atoms. The number of carbonyl (C=O) groups excluding carboxylic acids is 4. The summed E-state index contributed by atoms with van der Waals surface area (Å²) in [5, 5.41) is 15.3. The SMILES string of the molecule is C=C[C@H]1C[C@@]1(NC(=O)[C@H]1C[C@@H](Oc2nccc3cc(OC)ccc23)CN1C(=O)[C@H](CC(=O)O)NC(=O)OC(C)(C)C)C(=O)NS(=O)(=O)C1CC1. The highest BCUT2D eigenvalue weighted by molar-refractivity contribution is 7.91. The Morgan fingerprint density at radius 1 is 1.18 bits per heavy atom. The second kappa shape index (κ2) is 13.8. The van der Waals surface area contributed by atoms with Gasteiger partial charge < -0.3 is 34.9 Å². The van der Waals surface area contributed by atoms with E-state index in [0.29, 0.717) is 24.0 Å². The molecular weight excluding hydrogens is 674 g/mol. The summed E-state index contributed by atoms with van der Waals surface area (Å²) >= 11 is 0. The van der Waals surface area contributed by atoms with Gasteiger partial charge >= 0.3 is 12.1 Å². The quantitative estimate of drug-likeness (QED) is 0.218. The Balaban J connectivity index is 1.43. The minimum atomic E-state index is -3.95. The highest BCUT2D eigenvalue weighted by atomic mass is 32.2. The summed E-state index contributed by atoms with van der Waals surface area (Å²) in [5.41, 5.74) is -2.60. The number of carbonyl (C=O) groups is 5. The van der Waals surface area contributed by atoms with E-state index in [4.69, 9.17) is 14.2 Å². The zero-order valence-corrected chi connectivity index (χ0v) is 28.9. The second-order valence-corrected chi connectivity index (χ2v) is 15.6. The van der Waals surface area contributed by atoms with Crippen molar-refractivity contribution in [1.82, 2.24) is 25.2 Å². The number of nitrogens with zero attached hydrogens (tertiary/aromatic N) is 2. The second-order valence-electron chi connectivity index (χ2n) is 13.7. The number of hydrogen-bond acceptors (Lipinski definition) is 11. The van der Waals surface area contributed by atoms with Crippen molar-refractivity contribution in [2.24, 2.45) is 5.92 Å². The Hall–Kier alpha value is -4.93. The van der Waals surface area contributed by atoms with Crippen molar-refractivity contribution in [1.29, 1.82) is 0 Å². The smallest absolute Gasteiger partial charge is 0.408 e. The number of sulfonamides is 1. The van der Waals surface area contributed by atoms with Crippen molar-refractivity contribution in [3.63, 3.8) is 0 Å². The van der Waals surface area contributed by atoms with Crippen molar-refractivity contribution in [2.75, 3.05) is 13.7 Å². The standard InChI is InChI=1S/C33H41N5O11S/c1-6-19-16-33(19,30(43)37-50(45,46)22-8-9-22)36-27(41)25-14-21(48-28-23-10-7-20(47-5)13-18(23)11-12-34-28)17-38(25)29(42)24(15-26(39)40)35-31(44)49-32(2,3)4/h6-7,10-13,19,21-22,24-25H,1,8-9,14-17H2,2-5H3,(H,35,44)(H,36,41)(H,37,43)(H,39,40)/t19-,21+,24-,25+,33-/m0/s1. The number of rotatable bonds is 13. The molecule has 5 rings (SSSR count). The Morgan fingerprint density at radius 3 is 2.50 bits per heavy atom. The third-order valence-electron chi connectivity index (χ3n) is 8.68. The van der Waals surface area contributed by atoms with Crippen molar-refractivity contribution in [3.8, 4) is 11.6 Å². The number of methoxy groups -OCH3 is 1. The molecule has 17 heteroatoms. The maximum Gasteiger partial charge on any atom is 0.408 e. The molecule has 2 aliphatic carbocycles. The maximum absolute atomic E-state index is 14.0. The van der Waals surface area contributed by atoms with Crippen LogP contribution in [0, 0.1) is 5.92 Å². The van der Waals surface area contributed by atoms with Crippen LogP contribution in [-0.2, 0) is 33.9 Å². The van der Waals surface area contributed by atoms with Crippen LogP contribution in [0.25, 0.3) is 10.8 Å². The van der Waals surface area contributed by atoms with Gasteiger partial charge in [-0.25, -0.2) is 18.2 Å². The van der Waals surface area contributed by atoms with Crippen LogP contribution in [0.1, 0.15) is 52.9 Å². The third kappa shape index (κ3) is 8.09. The molecule has 270 valence electrons. The molecular formula is C33H41N5O11S. The van der Waals surface area contributed by atoms with E-state index in [9.17, 15) is 37.5 Å². The van der Waals surface area contributed by atoms with Crippen LogP contribution in [0.5, 0.6) is 11.6 Å². The number of aliphatic carboxylic acids is 1. The molecule has 2 aromatic rings. The van der Waals surface area contributed by atoms with Crippen LogP contribution in [0.2, 0.25) is 0 Å². The number of alkyl carbamates (subject to hydrolysis) is 1. The van der Waals surface area contributed by atoms with Crippen LogP contribution >= 0.6 is 0 Å². The first-order valence-electron chi connectivity index (χ1n) is 16.1. The average molecular weight is 716 g/mol. The molecule has 1 aromatic heterocycles. The number of hydrogen-bond donors (Lipinski definition) is 4. The lowest BCUT2D eigenvalue weighted by Gasteiger charge is -2.30. The molecule has 1 saturated heterocycles. The van der Waals surface area contributed by atoms with E-state index >= 15 is 0 Å². The highest BCUT2D eigenvalue weighted by Gasteiger charge is 2.62. The number of fused-ring (bicyclic) bond motifs is 1. The molecule has 1 aliphatic heterocycles. The van der Waals surface area contributed by atoms with Gasteiger partial charge in [0.25, 0.3) is 5.91 Å². The first kappa shape index (κ1) is 36.4. The van der Waals surface area contributed by atoms with Gasteiger partial charge in [0.2, 0.25) is 27.7 Å². The number of nitrogens with one attached hydrogen (secondary N) is 3. The number of aromatic nitrogens is 1. The van der Waals surface area contributed by atoms with Crippen LogP contribution in [0.15, 0.2) is 43.1 Å². The van der Waals surface area contributed by atoms with Crippen LogP contribution in [-0.4, -0.2) is 101 Å². The predicted molar refractivity (Wildman–Crippen MR) is 178 cm³/mol. The Kier molecular flexibility index (Phi) is 10.0. The van der Waals surface area contributed by atoms with E-state index in [1.165, 1.54) is 19.4 Å². The molecule has 3 aliphatic rings. The van der Waals surface area contributed by atoms with Gasteiger partial charge in [-0.05, 0) is 69.7 Å². The summed E-state index contributed by atoms with van der Waals surface area (Å²) in [5.74, 6) is -3.83. The lowest BCUT2D eigenvalue weighted by molar-refractivity contribution is -0.145. The number of pyridine rings is 1. The Bertz CT molecular complexity index is 1820. The lowest BCUT2D eigenvalue weighted by Crippen LogP contribution is -2.58. The largest absolute Gasteiger partial charge is 0.497 e. The number of carboxylic acid groups (broad SMARTS) is 1. The fourth-order valence-electron chi connectivity index (χ4n) is 5.93. The minimum absolute atomic E-state index is 0.0695. The molecule has 2 saturated carbocycles. The van der Waals surface area contributed by atoms with Crippen molar-refractivity contribution in [3.05, 3.63) is 43.1 Å². The third-order valence-corrected chi connectivity index (χ3v) is 10.5. The monoisotopic (exact) mass is 715 g/mol. The molecule has 0 bridgehead atoms. The zero-order chi connectivity index (χ0) is 36.6. The number of benzene rings is 1. The Labute approximate surface area is 288 Å². The first-order chi connectivity index (χ1) is 23.5. The highest BCUT2D eigenvalue weighted by Crippen LogP contribution is 2.45. The minimum Gasteiger partial charge on any atom is -0.497 e. The van der Waals surface area contributed by atoms with Crippen LogP contribution in [0.3, 0.4) is 0 Å². The summed E-state index contributed by atoms with van der Waals surface area (Å²) < 4.78 is 44.1. The van der Waals surface area contributed by atoms with E-state index in [0.717, 1.165) is 10.3 Å². The fraction of sp³-hybridized carbons (Fsp3) is 0.515. The van der Waals surface area contributed by atoms with Gasteiger partial charge in [0.05, 0.1) is 25.3 Å². The van der Waals surface area contributed by atoms with E-state index in [1.54, 1.807) is 45.0 Å². The van der Waals surface area contributed by atoms with Crippen molar-refractivity contribution in [2.45, 2.75) is 87.5 Å². The number of carboxylic acids is 1. The zero-order valence-electron chi connectivity index (χ0n) is 28.1. The molecule has 2 heterocycles. The van der Waals surface area contributed by atoms with Crippen molar-refractivity contribution < 1.29 is 51.7 Å². The van der Waals surface area contributed by atoms with E-state index < -0.39 is 86.7 Å². The summed E-state index contributed by atoms with van der Waals surface area (Å²) in [4.78, 5) is 71.3. The molecule has 0 unspecified atom stereocenters. The van der Waals surface area contributed by atoms with Gasteiger partial charge in [-0.15, -0.1) is 6.58 Å². The van der Waals surface area contributed by atoms with E-state index in [1.807, 2.05) is 0 Å². The molecule has 0 radical (unpaired) electrons. The molecule has 4 N–H and O–H groups in total.